The van der Waals surface area contributed by atoms with Gasteiger partial charge in [0.25, 0.3) is 11.7 Å². The van der Waals surface area contributed by atoms with Gasteiger partial charge < -0.3 is 14.6 Å². The number of amides is 1. The lowest BCUT2D eigenvalue weighted by molar-refractivity contribution is -0.126. The fourth-order valence-electron chi connectivity index (χ4n) is 3.31. The first-order valence-corrected chi connectivity index (χ1v) is 9.87. The van der Waals surface area contributed by atoms with E-state index >= 15 is 0 Å². The monoisotopic (exact) mass is 497 g/mol. The van der Waals surface area contributed by atoms with Crippen LogP contribution in [0.4, 0.5) is 0 Å². The molecule has 180 valence electrons. The van der Waals surface area contributed by atoms with Crippen LogP contribution in [0.1, 0.15) is 55.2 Å². The van der Waals surface area contributed by atoms with Crippen LogP contribution in [0, 0.1) is 13.4 Å². The number of piperidine rings is 1. The third-order valence-corrected chi connectivity index (χ3v) is 4.89. The zero-order chi connectivity index (χ0) is 38.3. The molecular formula is C25H22N8O3. The van der Waals surface area contributed by atoms with Gasteiger partial charge in [-0.25, -0.2) is 19.5 Å². The molecule has 1 aliphatic rings. The maximum atomic E-state index is 14.0. The zero-order valence-electron chi connectivity index (χ0n) is 32.8. The number of aromatic amines is 1. The van der Waals surface area contributed by atoms with Crippen LogP contribution in [0.2, 0.25) is 0 Å². The van der Waals surface area contributed by atoms with Crippen molar-refractivity contribution < 1.29 is 34.9 Å². The minimum Gasteiger partial charge on any atom is -0.494 e. The molecule has 5 heterocycles. The summed E-state index contributed by atoms with van der Waals surface area (Å²) < 4.78 is 128. The van der Waals surface area contributed by atoms with Crippen LogP contribution in [-0.2, 0) is 4.79 Å². The largest absolute Gasteiger partial charge is 0.494 e. The predicted octanol–water partition coefficient (Wildman–Crippen LogP) is 2.99. The van der Waals surface area contributed by atoms with Crippen LogP contribution in [0.25, 0.3) is 27.3 Å². The van der Waals surface area contributed by atoms with Crippen molar-refractivity contribution in [2.45, 2.75) is 19.6 Å². The summed E-state index contributed by atoms with van der Waals surface area (Å²) in [5, 5.41) is 3.16. The van der Waals surface area contributed by atoms with Gasteiger partial charge in [-0.3, -0.25) is 14.6 Å². The molecule has 4 aromatic heterocycles. The number of hydrogen-bond acceptors (Lipinski definition) is 7. The molecule has 1 fully saturated rings. The minimum absolute atomic E-state index is 0.322. The molecule has 4 aromatic rings. The van der Waals surface area contributed by atoms with E-state index in [2.05, 4.69) is 29.9 Å². The number of nitrogens with zero attached hydrogens (tertiary/aromatic N) is 7. The number of carbonyl (C=O) groups excluding carboxylic acids is 2. The van der Waals surface area contributed by atoms with Crippen LogP contribution < -0.4 is 4.74 Å². The lowest BCUT2D eigenvalue weighted by Gasteiger charge is -2.28. The highest BCUT2D eigenvalue weighted by Gasteiger charge is 2.30. The van der Waals surface area contributed by atoms with Gasteiger partial charge in [-0.15, -0.1) is 0 Å². The highest BCUT2D eigenvalue weighted by molar-refractivity contribution is 6.45. The maximum absolute atomic E-state index is 14.0. The molecule has 5 rings (SSSR count). The third-order valence-electron chi connectivity index (χ3n) is 4.89. The normalized spacial score (nSPS) is 25.9. The van der Waals surface area contributed by atoms with E-state index in [1.165, 1.54) is 24.4 Å². The van der Waals surface area contributed by atoms with Gasteiger partial charge in [0.2, 0.25) is 5.70 Å². The zero-order valence-corrected chi connectivity index (χ0v) is 17.8. The molecule has 1 saturated heterocycles. The number of H-pyrrole nitrogens is 1. The van der Waals surface area contributed by atoms with Gasteiger partial charge in [0, 0.05) is 40.5 Å². The molecule has 11 heteroatoms. The third kappa shape index (κ3) is 3.98. The Hall–Kier alpha value is -4.85. The molecular weight excluding hydrogens is 460 g/mol. The Bertz CT molecular complexity index is 2120. The van der Waals surface area contributed by atoms with Crippen molar-refractivity contribution >= 4 is 28.3 Å². The number of hydrogen-bond donors (Lipinski definition) is 1. The highest BCUT2D eigenvalue weighted by atomic mass is 16.5. The van der Waals surface area contributed by atoms with Gasteiger partial charge in [0.1, 0.15) is 19.2 Å². The smallest absolute Gasteiger partial charge is 0.295 e. The molecule has 0 bridgehead atoms. The molecule has 0 spiro atoms. The van der Waals surface area contributed by atoms with Gasteiger partial charge in [-0.05, 0) is 31.7 Å². The lowest BCUT2D eigenvalue weighted by atomic mass is 9.99. The fourth-order valence-corrected chi connectivity index (χ4v) is 3.31. The summed E-state index contributed by atoms with van der Waals surface area (Å²) in [7, 11) is -3.20. The van der Waals surface area contributed by atoms with Crippen molar-refractivity contribution in [2.24, 2.45) is 0 Å². The average molecular weight is 498 g/mol. The molecule has 0 saturated carbocycles. The van der Waals surface area contributed by atoms with Gasteiger partial charge >= 0.3 is 0 Å². The number of aryl methyl sites for hydroxylation is 1. The fraction of sp³-hybridized carbons (Fsp3) is 0.240. The summed E-state index contributed by atoms with van der Waals surface area (Å²) >= 11 is 0. The van der Waals surface area contributed by atoms with Crippen molar-refractivity contribution in [1.29, 1.82) is 0 Å². The van der Waals surface area contributed by atoms with Crippen LogP contribution in [0.5, 0.6) is 5.75 Å². The quantitative estimate of drug-likeness (QED) is 0.255. The summed E-state index contributed by atoms with van der Waals surface area (Å²) in [4.78, 5) is 44.4. The Morgan fingerprint density at radius 1 is 1.28 bits per heavy atom. The van der Waals surface area contributed by atoms with Gasteiger partial charge in [0.15, 0.2) is 5.82 Å². The number of nitrogens with one attached hydrogen (secondary N) is 1. The Morgan fingerprint density at radius 3 is 2.83 bits per heavy atom. The molecule has 36 heavy (non-hydrogen) atoms. The molecule has 11 nitrogen and oxygen atoms in total. The number of ketones is 1. The molecule has 0 unspecified atom stereocenters. The highest BCUT2D eigenvalue weighted by Crippen LogP contribution is 2.32. The van der Waals surface area contributed by atoms with E-state index in [-0.39, 0.29) is 11.2 Å². The number of fused-ring (bicyclic) bond motifs is 1. The molecule has 0 radical (unpaired) electrons. The SMILES string of the molecule is [2H]c1nc(C([2H])([2H])[2H])nn1-c1ncc(OC([2H])([2H])[2H])c2c(C(=O)C(=O)N3C([2H])([2H])C([2H])([2H])C(=C([N+]#[C-])c4ccccn4)C([2H])([2H])C3([2H])[2H])c[nH]c12. The Labute approximate surface area is 227 Å². The Kier molecular flexibility index (Phi) is 2.95. The second-order valence-corrected chi connectivity index (χ2v) is 6.94. The summed E-state index contributed by atoms with van der Waals surface area (Å²) in [6.45, 7) is -3.00. The number of aromatic nitrogens is 6. The molecule has 0 aliphatic carbocycles. The second-order valence-electron chi connectivity index (χ2n) is 6.94. The van der Waals surface area contributed by atoms with Crippen molar-refractivity contribution in [3.05, 3.63) is 77.2 Å². The Balaban J connectivity index is 1.71. The van der Waals surface area contributed by atoms with Crippen LogP contribution in [0.3, 0.4) is 0 Å². The van der Waals surface area contributed by atoms with Crippen molar-refractivity contribution in [3.8, 4) is 11.6 Å². The van der Waals surface area contributed by atoms with Gasteiger partial charge in [-0.2, -0.15) is 5.10 Å². The van der Waals surface area contributed by atoms with Crippen LogP contribution in [0.15, 0.2) is 48.7 Å². The van der Waals surface area contributed by atoms with E-state index in [1.807, 2.05) is 0 Å². The lowest BCUT2D eigenvalue weighted by Crippen LogP contribution is -2.40. The van der Waals surface area contributed by atoms with E-state index in [1.54, 1.807) is 0 Å². The maximum Gasteiger partial charge on any atom is 0.295 e. The number of likely N-dealkylation sites (tertiary alicyclic amines) is 1. The number of pyridine rings is 2. The van der Waals surface area contributed by atoms with Crippen molar-refractivity contribution in [2.75, 3.05) is 20.0 Å². The van der Waals surface area contributed by atoms with E-state index in [4.69, 9.17) is 31.9 Å². The number of carbonyl (C=O) groups is 2. The minimum atomic E-state index is -3.88. The number of Topliss-reactive ketones (excluding diaryl/α,β-unsaturated/α-hetero) is 1. The number of methoxy groups -OCH3 is 1. The molecule has 1 N–H and O–H groups in total. The first-order valence-electron chi connectivity index (χ1n) is 17.4. The first-order chi connectivity index (χ1) is 23.3. The second kappa shape index (κ2) is 9.42. The summed E-state index contributed by atoms with van der Waals surface area (Å²) in [6, 6.07) is 3.98. The van der Waals surface area contributed by atoms with Crippen LogP contribution >= 0.6 is 0 Å². The number of ether oxygens (including phenoxy) is 1. The summed E-state index contributed by atoms with van der Waals surface area (Å²) in [5.74, 6) is -5.88. The van der Waals surface area contributed by atoms with E-state index in [9.17, 15) is 9.59 Å². The van der Waals surface area contributed by atoms with Gasteiger partial charge in [0.05, 0.1) is 46.1 Å². The molecule has 0 atom stereocenters. The molecule has 1 aliphatic heterocycles. The Morgan fingerprint density at radius 2 is 2.14 bits per heavy atom. The van der Waals surface area contributed by atoms with E-state index in [0.717, 1.165) is 12.4 Å². The summed E-state index contributed by atoms with van der Waals surface area (Å²) in [5.41, 5.74) is -3.73. The van der Waals surface area contributed by atoms with E-state index < -0.39 is 102 Å². The van der Waals surface area contributed by atoms with Crippen molar-refractivity contribution in [1.82, 2.24) is 34.6 Å². The number of rotatable bonds is 5. The molecule has 1 amide bonds. The van der Waals surface area contributed by atoms with Crippen LogP contribution in [-0.4, -0.2) is 66.3 Å². The molecule has 0 aromatic carbocycles. The van der Waals surface area contributed by atoms with Gasteiger partial charge in [-0.1, -0.05) is 11.6 Å². The predicted molar refractivity (Wildman–Crippen MR) is 130 cm³/mol. The topological polar surface area (TPSA) is 123 Å². The van der Waals surface area contributed by atoms with E-state index in [0.29, 0.717) is 4.68 Å². The standard InChI is InChI=1S/C25H22N8O3/c1-15-30-14-33(31-15)24-22-20(19(36-3)13-29-24)17(12-28-22)23(34)25(35)32-10-7-16(8-11-32)21(26-2)18-6-4-5-9-27-18/h4-6,9,12-14,28H,7-8,10-11H2,1,3H3/i1D3,3D3,7D2,8D2,10D2,11D2,14D. The van der Waals surface area contributed by atoms with Crippen molar-refractivity contribution in [3.63, 3.8) is 0 Å². The summed E-state index contributed by atoms with van der Waals surface area (Å²) in [6.07, 6.45) is -5.45. The first kappa shape index (κ1) is 11.3. The average Bonchev–Trinajstić information content (AvgIpc) is 3.63.